The van der Waals surface area contributed by atoms with Crippen molar-refractivity contribution in [2.24, 2.45) is 0 Å². The summed E-state index contributed by atoms with van der Waals surface area (Å²) in [5.41, 5.74) is 0.771. The van der Waals surface area contributed by atoms with E-state index in [4.69, 9.17) is 11.6 Å². The van der Waals surface area contributed by atoms with Gasteiger partial charge in [0.25, 0.3) is 10.0 Å². The lowest BCUT2D eigenvalue weighted by atomic mass is 10.0. The first-order valence-electron chi connectivity index (χ1n) is 6.31. The highest BCUT2D eigenvalue weighted by Crippen LogP contribution is 2.35. The molecule has 4 nitrogen and oxygen atoms in total. The lowest BCUT2D eigenvalue weighted by molar-refractivity contribution is 0.0982. The Kier molecular flexibility index (Phi) is 3.55. The van der Waals surface area contributed by atoms with E-state index in [0.717, 1.165) is 4.88 Å². The van der Waals surface area contributed by atoms with Crippen LogP contribution in [0.3, 0.4) is 0 Å². The monoisotopic (exact) mass is 341 g/mol. The first kappa shape index (κ1) is 14.6. The van der Waals surface area contributed by atoms with Crippen LogP contribution in [0, 0.1) is 6.92 Å². The molecule has 0 amide bonds. The average Bonchev–Trinajstić information content (AvgIpc) is 2.87. The third-order valence-corrected chi connectivity index (χ3v) is 6.85. The number of ketones is 1. The van der Waals surface area contributed by atoms with Crippen molar-refractivity contribution >= 4 is 44.4 Å². The van der Waals surface area contributed by atoms with Gasteiger partial charge in [-0.1, -0.05) is 11.6 Å². The van der Waals surface area contributed by atoms with Gasteiger partial charge >= 0.3 is 0 Å². The molecule has 2 aromatic rings. The van der Waals surface area contributed by atoms with Crippen LogP contribution in [-0.4, -0.2) is 20.7 Å². The van der Waals surface area contributed by atoms with Crippen LogP contribution < -0.4 is 4.31 Å². The van der Waals surface area contributed by atoms with Gasteiger partial charge in [-0.05, 0) is 37.3 Å². The maximum absolute atomic E-state index is 12.7. The summed E-state index contributed by atoms with van der Waals surface area (Å²) in [6.07, 6.45) is 0.164. The molecule has 7 heteroatoms. The third-order valence-electron chi connectivity index (χ3n) is 3.33. The molecule has 1 aliphatic heterocycles. The number of rotatable bonds is 2. The molecule has 0 unspecified atom stereocenters. The number of fused-ring (bicyclic) bond motifs is 1. The van der Waals surface area contributed by atoms with Crippen LogP contribution >= 0.6 is 22.9 Å². The Morgan fingerprint density at radius 3 is 2.67 bits per heavy atom. The van der Waals surface area contributed by atoms with Gasteiger partial charge in [0.1, 0.15) is 4.21 Å². The number of sulfonamides is 1. The van der Waals surface area contributed by atoms with E-state index in [-0.39, 0.29) is 23.0 Å². The Labute approximate surface area is 132 Å². The average molecular weight is 342 g/mol. The summed E-state index contributed by atoms with van der Waals surface area (Å²) in [5, 5.41) is 0.424. The van der Waals surface area contributed by atoms with Gasteiger partial charge in [0.15, 0.2) is 5.78 Å². The highest BCUT2D eigenvalue weighted by molar-refractivity contribution is 7.94. The van der Waals surface area contributed by atoms with E-state index in [2.05, 4.69) is 0 Å². The minimum atomic E-state index is -3.63. The van der Waals surface area contributed by atoms with Gasteiger partial charge in [-0.15, -0.1) is 11.3 Å². The minimum Gasteiger partial charge on any atom is -0.294 e. The number of thiophene rings is 1. The van der Waals surface area contributed by atoms with Gasteiger partial charge in [-0.2, -0.15) is 0 Å². The van der Waals surface area contributed by atoms with Crippen molar-refractivity contribution in [3.8, 4) is 0 Å². The summed E-state index contributed by atoms with van der Waals surface area (Å²) in [6.45, 7) is 2.02. The molecule has 0 N–H and O–H groups in total. The second-order valence-electron chi connectivity index (χ2n) is 4.78. The Balaban J connectivity index is 2.13. The van der Waals surface area contributed by atoms with Gasteiger partial charge in [0.05, 0.1) is 5.69 Å². The number of nitrogens with zero attached hydrogens (tertiary/aromatic N) is 1. The molecule has 110 valence electrons. The molecule has 0 radical (unpaired) electrons. The number of aryl methyl sites for hydroxylation is 1. The molecule has 1 aliphatic rings. The molecular formula is C14H12ClNO3S2. The van der Waals surface area contributed by atoms with Crippen molar-refractivity contribution in [1.82, 2.24) is 0 Å². The van der Waals surface area contributed by atoms with Crippen molar-refractivity contribution in [3.05, 3.63) is 45.8 Å². The molecule has 0 fully saturated rings. The Hall–Kier alpha value is -1.37. The largest absolute Gasteiger partial charge is 0.294 e. The van der Waals surface area contributed by atoms with Gasteiger partial charge < -0.3 is 0 Å². The van der Waals surface area contributed by atoms with Gasteiger partial charge in [0, 0.05) is 28.4 Å². The molecule has 1 aromatic carbocycles. The Morgan fingerprint density at radius 1 is 1.24 bits per heavy atom. The van der Waals surface area contributed by atoms with E-state index in [1.807, 2.05) is 6.92 Å². The zero-order valence-electron chi connectivity index (χ0n) is 11.2. The molecule has 21 heavy (non-hydrogen) atoms. The third kappa shape index (κ3) is 2.47. The predicted octanol–water partition coefficient (Wildman–Crippen LogP) is 3.49. The molecule has 0 saturated carbocycles. The van der Waals surface area contributed by atoms with Crippen LogP contribution in [0.5, 0.6) is 0 Å². The Bertz CT molecular complexity index is 826. The number of carbonyl (C=O) groups excluding carboxylic acids is 1. The van der Waals surface area contributed by atoms with Crippen LogP contribution in [0.25, 0.3) is 0 Å². The number of carbonyl (C=O) groups is 1. The highest BCUT2D eigenvalue weighted by atomic mass is 35.5. The molecule has 0 aliphatic carbocycles. The molecule has 2 heterocycles. The number of hydrogen-bond donors (Lipinski definition) is 0. The quantitative estimate of drug-likeness (QED) is 0.840. The summed E-state index contributed by atoms with van der Waals surface area (Å²) in [5.74, 6) is -0.0821. The molecule has 0 saturated heterocycles. The number of halogens is 1. The van der Waals surface area contributed by atoms with Crippen molar-refractivity contribution in [3.63, 3.8) is 0 Å². The van der Waals surface area contributed by atoms with E-state index in [1.165, 1.54) is 21.7 Å². The summed E-state index contributed by atoms with van der Waals surface area (Å²) in [7, 11) is -3.63. The first-order valence-corrected chi connectivity index (χ1v) is 8.95. The van der Waals surface area contributed by atoms with Gasteiger partial charge in [0.2, 0.25) is 0 Å². The van der Waals surface area contributed by atoms with Gasteiger partial charge in [-0.25, -0.2) is 8.42 Å². The fourth-order valence-electron chi connectivity index (χ4n) is 2.32. The van der Waals surface area contributed by atoms with Crippen LogP contribution in [-0.2, 0) is 10.0 Å². The van der Waals surface area contributed by atoms with E-state index < -0.39 is 10.0 Å². The zero-order valence-corrected chi connectivity index (χ0v) is 13.6. The van der Waals surface area contributed by atoms with E-state index in [9.17, 15) is 13.2 Å². The lowest BCUT2D eigenvalue weighted by Crippen LogP contribution is -2.37. The number of benzene rings is 1. The highest BCUT2D eigenvalue weighted by Gasteiger charge is 2.33. The van der Waals surface area contributed by atoms with E-state index in [0.29, 0.717) is 16.3 Å². The van der Waals surface area contributed by atoms with Crippen molar-refractivity contribution in [2.45, 2.75) is 17.6 Å². The van der Waals surface area contributed by atoms with E-state index in [1.54, 1.807) is 24.3 Å². The smallest absolute Gasteiger partial charge is 0.273 e. The lowest BCUT2D eigenvalue weighted by Gasteiger charge is -2.29. The van der Waals surface area contributed by atoms with Crippen LogP contribution in [0.1, 0.15) is 21.7 Å². The maximum atomic E-state index is 12.7. The molecule has 1 aromatic heterocycles. The van der Waals surface area contributed by atoms with Crippen LogP contribution in [0.15, 0.2) is 34.5 Å². The Morgan fingerprint density at radius 2 is 2.00 bits per heavy atom. The maximum Gasteiger partial charge on any atom is 0.273 e. The normalized spacial score (nSPS) is 15.1. The van der Waals surface area contributed by atoms with Crippen LogP contribution in [0.2, 0.25) is 5.02 Å². The number of hydrogen-bond acceptors (Lipinski definition) is 4. The molecule has 0 bridgehead atoms. The topological polar surface area (TPSA) is 54.5 Å². The molecule has 0 spiro atoms. The second kappa shape index (κ2) is 5.12. The molecule has 3 rings (SSSR count). The fraction of sp³-hybridized carbons (Fsp3) is 0.214. The zero-order chi connectivity index (χ0) is 15.2. The van der Waals surface area contributed by atoms with Gasteiger partial charge in [-0.3, -0.25) is 9.10 Å². The number of anilines is 1. The summed E-state index contributed by atoms with van der Waals surface area (Å²) in [4.78, 5) is 12.9. The van der Waals surface area contributed by atoms with Crippen LogP contribution in [0.4, 0.5) is 5.69 Å². The number of Topliss-reactive ketones (excluding diaryl/α,β-unsaturated/α-hetero) is 1. The van der Waals surface area contributed by atoms with Crippen molar-refractivity contribution < 1.29 is 13.2 Å². The minimum absolute atomic E-state index is 0.0821. The SMILES string of the molecule is Cc1ccc(S(=O)(=O)N2CCC(=O)c3cc(Cl)ccc32)s1. The standard InChI is InChI=1S/C14H12ClNO3S2/c1-9-2-5-14(20-9)21(18,19)16-7-6-13(17)11-8-10(15)3-4-12(11)16/h2-5,8H,6-7H2,1H3. The van der Waals surface area contributed by atoms with Crippen molar-refractivity contribution in [1.29, 1.82) is 0 Å². The fourth-order valence-corrected chi connectivity index (χ4v) is 5.37. The summed E-state index contributed by atoms with van der Waals surface area (Å²) < 4.78 is 27.1. The van der Waals surface area contributed by atoms with E-state index >= 15 is 0 Å². The predicted molar refractivity (Wildman–Crippen MR) is 84.0 cm³/mol. The molecule has 0 atom stereocenters. The summed E-state index contributed by atoms with van der Waals surface area (Å²) >= 11 is 7.13. The molecular weight excluding hydrogens is 330 g/mol. The van der Waals surface area contributed by atoms with Crippen molar-refractivity contribution in [2.75, 3.05) is 10.8 Å². The summed E-state index contributed by atoms with van der Waals surface area (Å²) in [6, 6.07) is 8.09. The second-order valence-corrected chi connectivity index (χ2v) is 8.59. The first-order chi connectivity index (χ1) is 9.89.